The molecule has 2 nitrogen and oxygen atoms in total. The van der Waals surface area contributed by atoms with Gasteiger partial charge in [0.25, 0.3) is 0 Å². The Labute approximate surface area is 97.8 Å². The number of nitrogens with zero attached hydrogens (tertiary/aromatic N) is 1. The maximum Gasteiger partial charge on any atom is 0.149 e. The van der Waals surface area contributed by atoms with E-state index in [1.54, 1.807) is 23.1 Å². The van der Waals surface area contributed by atoms with E-state index < -0.39 is 0 Å². The van der Waals surface area contributed by atoms with Gasteiger partial charge >= 0.3 is 0 Å². The maximum absolute atomic E-state index is 4.21. The van der Waals surface area contributed by atoms with Crippen molar-refractivity contribution in [1.82, 2.24) is 4.98 Å². The van der Waals surface area contributed by atoms with Crippen molar-refractivity contribution >= 4 is 28.8 Å². The summed E-state index contributed by atoms with van der Waals surface area (Å²) in [4.78, 5) is 4.21. The van der Waals surface area contributed by atoms with Crippen LogP contribution in [0.1, 0.15) is 0 Å². The normalized spacial score (nSPS) is 10.1. The zero-order valence-electron chi connectivity index (χ0n) is 8.22. The van der Waals surface area contributed by atoms with Crippen LogP contribution >= 0.6 is 23.1 Å². The van der Waals surface area contributed by atoms with Crippen LogP contribution in [0.2, 0.25) is 0 Å². The zero-order chi connectivity index (χ0) is 10.3. The van der Waals surface area contributed by atoms with Gasteiger partial charge in [-0.1, -0.05) is 30.0 Å². The Morgan fingerprint density at radius 2 is 2.13 bits per heavy atom. The number of para-hydroxylation sites is 1. The highest BCUT2D eigenvalue weighted by Crippen LogP contribution is 2.19. The number of rotatable bonds is 5. The minimum absolute atomic E-state index is 0.967. The summed E-state index contributed by atoms with van der Waals surface area (Å²) < 4.78 is 1.14. The molecule has 15 heavy (non-hydrogen) atoms. The molecule has 2 rings (SSSR count). The Morgan fingerprint density at radius 1 is 1.27 bits per heavy atom. The average Bonchev–Trinajstić information content (AvgIpc) is 2.79. The van der Waals surface area contributed by atoms with Crippen LogP contribution < -0.4 is 5.32 Å². The van der Waals surface area contributed by atoms with Crippen molar-refractivity contribution in [2.45, 2.75) is 4.34 Å². The van der Waals surface area contributed by atoms with Crippen molar-refractivity contribution in [1.29, 1.82) is 0 Å². The van der Waals surface area contributed by atoms with E-state index in [2.05, 4.69) is 22.4 Å². The van der Waals surface area contributed by atoms with Crippen LogP contribution in [0.4, 0.5) is 5.69 Å². The van der Waals surface area contributed by atoms with E-state index in [1.165, 1.54) is 5.69 Å². The zero-order valence-corrected chi connectivity index (χ0v) is 9.85. The number of hydrogen-bond donors (Lipinski definition) is 1. The molecule has 0 atom stereocenters. The third-order valence-corrected chi connectivity index (χ3v) is 3.81. The summed E-state index contributed by atoms with van der Waals surface area (Å²) in [6, 6.07) is 10.3. The molecular weight excluding hydrogens is 224 g/mol. The van der Waals surface area contributed by atoms with Gasteiger partial charge in [-0.2, -0.15) is 0 Å². The molecule has 1 aromatic carbocycles. The first kappa shape index (κ1) is 10.5. The van der Waals surface area contributed by atoms with Crippen LogP contribution in [0.25, 0.3) is 0 Å². The minimum atomic E-state index is 0.967. The first-order valence-electron chi connectivity index (χ1n) is 4.76. The summed E-state index contributed by atoms with van der Waals surface area (Å²) in [5.41, 5.74) is 1.18. The molecular formula is C11H12N2S2. The molecule has 1 aromatic heterocycles. The second kappa shape index (κ2) is 5.78. The third kappa shape index (κ3) is 3.57. The van der Waals surface area contributed by atoms with Gasteiger partial charge in [0.2, 0.25) is 0 Å². The summed E-state index contributed by atoms with van der Waals surface area (Å²) in [5, 5.41) is 5.37. The number of aromatic nitrogens is 1. The smallest absolute Gasteiger partial charge is 0.149 e. The molecule has 0 bridgehead atoms. The van der Waals surface area contributed by atoms with Crippen LogP contribution in [-0.4, -0.2) is 17.3 Å². The van der Waals surface area contributed by atoms with E-state index in [0.29, 0.717) is 0 Å². The van der Waals surface area contributed by atoms with Crippen LogP contribution in [0, 0.1) is 0 Å². The number of thioether (sulfide) groups is 1. The highest BCUT2D eigenvalue weighted by Gasteiger charge is 1.95. The molecule has 0 aliphatic rings. The van der Waals surface area contributed by atoms with Gasteiger partial charge in [-0.05, 0) is 12.1 Å². The lowest BCUT2D eigenvalue weighted by Crippen LogP contribution is -2.03. The highest BCUT2D eigenvalue weighted by molar-refractivity contribution is 8.01. The Balaban J connectivity index is 1.68. The monoisotopic (exact) mass is 236 g/mol. The molecule has 78 valence electrons. The molecule has 0 radical (unpaired) electrons. The van der Waals surface area contributed by atoms with Gasteiger partial charge in [0, 0.05) is 29.6 Å². The molecule has 1 heterocycles. The Hall–Kier alpha value is -1.00. The van der Waals surface area contributed by atoms with E-state index in [4.69, 9.17) is 0 Å². The minimum Gasteiger partial charge on any atom is -0.384 e. The lowest BCUT2D eigenvalue weighted by Gasteiger charge is -2.04. The van der Waals surface area contributed by atoms with E-state index in [9.17, 15) is 0 Å². The first-order chi connectivity index (χ1) is 7.45. The SMILES string of the molecule is c1ccc(NCCSc2nccs2)cc1. The summed E-state index contributed by atoms with van der Waals surface area (Å²) in [6.45, 7) is 0.967. The largest absolute Gasteiger partial charge is 0.384 e. The van der Waals surface area contributed by atoms with Gasteiger partial charge in [-0.25, -0.2) is 4.98 Å². The number of benzene rings is 1. The van der Waals surface area contributed by atoms with Crippen LogP contribution in [0.15, 0.2) is 46.2 Å². The van der Waals surface area contributed by atoms with Crippen molar-refractivity contribution in [2.75, 3.05) is 17.6 Å². The van der Waals surface area contributed by atoms with Crippen molar-refractivity contribution in [3.63, 3.8) is 0 Å². The van der Waals surface area contributed by atoms with Gasteiger partial charge in [-0.3, -0.25) is 0 Å². The van der Waals surface area contributed by atoms with Gasteiger partial charge in [-0.15, -0.1) is 11.3 Å². The number of thiazole rings is 1. The fourth-order valence-electron chi connectivity index (χ4n) is 1.17. The summed E-state index contributed by atoms with van der Waals surface area (Å²) in [5.74, 6) is 1.04. The van der Waals surface area contributed by atoms with Gasteiger partial charge in [0.1, 0.15) is 4.34 Å². The molecule has 0 aliphatic carbocycles. The van der Waals surface area contributed by atoms with E-state index in [1.807, 2.05) is 29.8 Å². The molecule has 0 spiro atoms. The van der Waals surface area contributed by atoms with E-state index in [0.717, 1.165) is 16.6 Å². The van der Waals surface area contributed by atoms with Gasteiger partial charge < -0.3 is 5.32 Å². The standard InChI is InChI=1S/C11H12N2S2/c1-2-4-10(5-3-1)12-6-8-14-11-13-7-9-15-11/h1-5,7,9,12H,6,8H2. The molecule has 0 saturated heterocycles. The molecule has 4 heteroatoms. The van der Waals surface area contributed by atoms with Crippen molar-refractivity contribution in [3.8, 4) is 0 Å². The molecule has 0 unspecified atom stereocenters. The number of anilines is 1. The second-order valence-electron chi connectivity index (χ2n) is 2.94. The quantitative estimate of drug-likeness (QED) is 0.636. The molecule has 0 amide bonds. The summed E-state index contributed by atoms with van der Waals surface area (Å²) in [7, 11) is 0. The van der Waals surface area contributed by atoms with Crippen molar-refractivity contribution in [3.05, 3.63) is 41.9 Å². The molecule has 2 aromatic rings. The molecule has 0 saturated carbocycles. The lowest BCUT2D eigenvalue weighted by molar-refractivity contribution is 1.20. The predicted octanol–water partition coefficient (Wildman–Crippen LogP) is 3.35. The lowest BCUT2D eigenvalue weighted by atomic mass is 10.3. The Kier molecular flexibility index (Phi) is 4.05. The third-order valence-electron chi connectivity index (χ3n) is 1.84. The predicted molar refractivity (Wildman–Crippen MR) is 67.8 cm³/mol. The fraction of sp³-hybridized carbons (Fsp3) is 0.182. The summed E-state index contributed by atoms with van der Waals surface area (Å²) >= 11 is 3.48. The van der Waals surface area contributed by atoms with Crippen molar-refractivity contribution in [2.24, 2.45) is 0 Å². The Morgan fingerprint density at radius 3 is 2.87 bits per heavy atom. The summed E-state index contributed by atoms with van der Waals surface area (Å²) in [6.07, 6.45) is 1.84. The van der Waals surface area contributed by atoms with Crippen LogP contribution in [0.3, 0.4) is 0 Å². The number of hydrogen-bond acceptors (Lipinski definition) is 4. The highest BCUT2D eigenvalue weighted by atomic mass is 32.2. The topological polar surface area (TPSA) is 24.9 Å². The van der Waals surface area contributed by atoms with Gasteiger partial charge in [0.15, 0.2) is 0 Å². The molecule has 1 N–H and O–H groups in total. The number of nitrogens with one attached hydrogen (secondary N) is 1. The fourth-order valence-corrected chi connectivity index (χ4v) is 2.73. The van der Waals surface area contributed by atoms with Crippen LogP contribution in [-0.2, 0) is 0 Å². The van der Waals surface area contributed by atoms with E-state index in [-0.39, 0.29) is 0 Å². The Bertz CT molecular complexity index is 373. The van der Waals surface area contributed by atoms with Crippen LogP contribution in [0.5, 0.6) is 0 Å². The van der Waals surface area contributed by atoms with E-state index >= 15 is 0 Å². The second-order valence-corrected chi connectivity index (χ2v) is 5.18. The van der Waals surface area contributed by atoms with Crippen molar-refractivity contribution < 1.29 is 0 Å². The van der Waals surface area contributed by atoms with Gasteiger partial charge in [0.05, 0.1) is 0 Å². The average molecular weight is 236 g/mol. The molecule has 0 fully saturated rings. The maximum atomic E-state index is 4.21. The first-order valence-corrected chi connectivity index (χ1v) is 6.63. The molecule has 0 aliphatic heterocycles.